The molecule has 0 fully saturated rings. The zero-order valence-corrected chi connectivity index (χ0v) is 5.56. The summed E-state index contributed by atoms with van der Waals surface area (Å²) < 4.78 is 0. The van der Waals surface area contributed by atoms with Gasteiger partial charge in [-0.05, 0) is 12.8 Å². The van der Waals surface area contributed by atoms with Crippen molar-refractivity contribution in [3.63, 3.8) is 0 Å². The largest absolute Gasteiger partial charge is 0.135 e. The number of hydrogen-bond acceptors (Lipinski definition) is 0. The minimum absolute atomic E-state index is 1.14. The third kappa shape index (κ3) is 5.80. The average molecular weight is 108 g/mol. The minimum atomic E-state index is 1.14. The first-order valence-corrected chi connectivity index (χ1v) is 3.28. The van der Waals surface area contributed by atoms with E-state index in [1.165, 1.54) is 19.3 Å². The van der Waals surface area contributed by atoms with Gasteiger partial charge in [-0.2, -0.15) is 0 Å². The lowest BCUT2D eigenvalue weighted by molar-refractivity contribution is 0.729. The van der Waals surface area contributed by atoms with Crippen molar-refractivity contribution >= 4 is 7.85 Å². The third-order valence-corrected chi connectivity index (χ3v) is 1.11. The van der Waals surface area contributed by atoms with Crippen molar-refractivity contribution in [2.45, 2.75) is 32.6 Å². The van der Waals surface area contributed by atoms with Crippen molar-refractivity contribution in [2.24, 2.45) is 0 Å². The van der Waals surface area contributed by atoms with Gasteiger partial charge in [-0.15, -0.1) is 5.98 Å². The van der Waals surface area contributed by atoms with E-state index >= 15 is 0 Å². The van der Waals surface area contributed by atoms with E-state index in [0.717, 1.165) is 6.42 Å². The third-order valence-electron chi connectivity index (χ3n) is 1.11. The van der Waals surface area contributed by atoms with Crippen molar-refractivity contribution in [3.05, 3.63) is 12.1 Å². The fourth-order valence-corrected chi connectivity index (χ4v) is 0.608. The first kappa shape index (κ1) is 7.80. The molecule has 0 aromatic heterocycles. The van der Waals surface area contributed by atoms with E-state index in [-0.39, 0.29) is 0 Å². The molecule has 0 bridgehead atoms. The zero-order valence-electron chi connectivity index (χ0n) is 5.56. The molecule has 0 aliphatic carbocycles. The summed E-state index contributed by atoms with van der Waals surface area (Å²) in [7, 11) is 5.13. The second-order valence-corrected chi connectivity index (χ2v) is 1.92. The molecule has 0 N–H and O–H groups in total. The molecule has 0 amide bonds. The van der Waals surface area contributed by atoms with E-state index < -0.39 is 0 Å². The van der Waals surface area contributed by atoms with Gasteiger partial charge < -0.3 is 0 Å². The molecule has 0 rings (SSSR count). The fourth-order valence-electron chi connectivity index (χ4n) is 0.608. The predicted molar refractivity (Wildman–Crippen MR) is 39.0 cm³/mol. The summed E-state index contributed by atoms with van der Waals surface area (Å²) in [6.07, 6.45) is 7.05. The minimum Gasteiger partial charge on any atom is -0.135 e. The van der Waals surface area contributed by atoms with Crippen LogP contribution in [0.3, 0.4) is 0 Å². The van der Waals surface area contributed by atoms with Gasteiger partial charge >= 0.3 is 0 Å². The van der Waals surface area contributed by atoms with E-state index in [2.05, 4.69) is 6.92 Å². The van der Waals surface area contributed by atoms with Crippen LogP contribution in [0.1, 0.15) is 32.6 Å². The van der Waals surface area contributed by atoms with Crippen LogP contribution >= 0.6 is 0 Å². The van der Waals surface area contributed by atoms with Crippen molar-refractivity contribution in [2.75, 3.05) is 0 Å². The number of hydrogen-bond donors (Lipinski definition) is 0. The molecule has 1 heteroatoms. The lowest BCUT2D eigenvalue weighted by atomic mass is 10.1. The Kier molecular flexibility index (Phi) is 6.64. The van der Waals surface area contributed by atoms with E-state index in [1.54, 1.807) is 5.98 Å². The quantitative estimate of drug-likeness (QED) is 0.382. The molecule has 0 saturated heterocycles. The van der Waals surface area contributed by atoms with Crippen molar-refractivity contribution in [1.82, 2.24) is 0 Å². The van der Waals surface area contributed by atoms with Crippen molar-refractivity contribution < 1.29 is 0 Å². The van der Waals surface area contributed by atoms with Gasteiger partial charge in [-0.25, -0.2) is 0 Å². The van der Waals surface area contributed by atoms with E-state index in [4.69, 9.17) is 7.85 Å². The van der Waals surface area contributed by atoms with E-state index in [9.17, 15) is 0 Å². The molecular weight excluding hydrogens is 94.9 g/mol. The lowest BCUT2D eigenvalue weighted by Crippen LogP contribution is -1.69. The highest BCUT2D eigenvalue weighted by molar-refractivity contribution is 6.16. The molecule has 8 heavy (non-hydrogen) atoms. The van der Waals surface area contributed by atoms with Crippen LogP contribution in [0.25, 0.3) is 0 Å². The first-order valence-electron chi connectivity index (χ1n) is 3.28. The summed E-state index contributed by atoms with van der Waals surface area (Å²) in [5.74, 6) is 1.62. The monoisotopic (exact) mass is 108 g/mol. The Hall–Kier alpha value is -0.195. The molecule has 0 nitrogen and oxygen atoms in total. The highest BCUT2D eigenvalue weighted by atomic mass is 13.8. The maximum absolute atomic E-state index is 5.13. The Morgan fingerprint density at radius 2 is 2.12 bits per heavy atom. The van der Waals surface area contributed by atoms with Crippen LogP contribution in [0.5, 0.6) is 0 Å². The Morgan fingerprint density at radius 1 is 1.38 bits per heavy atom. The summed E-state index contributed by atoms with van der Waals surface area (Å²) in [6.45, 7) is 2.20. The van der Waals surface area contributed by atoms with Crippen LogP contribution in [0.2, 0.25) is 0 Å². The van der Waals surface area contributed by atoms with Crippen LogP contribution in [0.4, 0.5) is 0 Å². The molecule has 0 heterocycles. The Labute approximate surface area is 53.4 Å². The SMILES string of the molecule is [B]/C=C/CCCCC. The second-order valence-electron chi connectivity index (χ2n) is 1.92. The molecule has 0 aromatic carbocycles. The zero-order chi connectivity index (χ0) is 6.24. The van der Waals surface area contributed by atoms with E-state index in [1.807, 2.05) is 6.08 Å². The number of unbranched alkanes of at least 4 members (excludes halogenated alkanes) is 3. The lowest BCUT2D eigenvalue weighted by Gasteiger charge is -1.89. The normalized spacial score (nSPS) is 10.6. The second kappa shape index (κ2) is 6.80. The summed E-state index contributed by atoms with van der Waals surface area (Å²) in [5.41, 5.74) is 0. The molecule has 44 valence electrons. The van der Waals surface area contributed by atoms with Crippen LogP contribution in [-0.4, -0.2) is 7.85 Å². The standard InChI is InChI=1S/C7H13B/c1-2-3-4-5-6-7-8/h6-7H,2-5H2,1H3/b7-6+. The van der Waals surface area contributed by atoms with Gasteiger partial charge in [-0.3, -0.25) is 0 Å². The fraction of sp³-hybridized carbons (Fsp3) is 0.714. The summed E-state index contributed by atoms with van der Waals surface area (Å²) >= 11 is 0. The van der Waals surface area contributed by atoms with Gasteiger partial charge in [0.2, 0.25) is 0 Å². The van der Waals surface area contributed by atoms with Gasteiger partial charge in [0.15, 0.2) is 0 Å². The van der Waals surface area contributed by atoms with Crippen LogP contribution < -0.4 is 0 Å². The Balaban J connectivity index is 2.72. The first-order chi connectivity index (χ1) is 3.91. The molecule has 0 saturated carbocycles. The molecule has 0 unspecified atom stereocenters. The highest BCUT2D eigenvalue weighted by Crippen LogP contribution is 1.98. The summed E-state index contributed by atoms with van der Waals surface area (Å²) in [4.78, 5) is 0. The molecule has 0 aliphatic rings. The number of allylic oxidation sites excluding steroid dienone is 1. The van der Waals surface area contributed by atoms with Gasteiger partial charge in [0, 0.05) is 0 Å². The number of rotatable bonds is 4. The highest BCUT2D eigenvalue weighted by Gasteiger charge is 1.78. The molecule has 0 spiro atoms. The average Bonchev–Trinajstić information content (AvgIpc) is 1.81. The van der Waals surface area contributed by atoms with Crippen molar-refractivity contribution in [3.8, 4) is 0 Å². The summed E-state index contributed by atoms with van der Waals surface area (Å²) in [5, 5.41) is 0. The topological polar surface area (TPSA) is 0 Å². The smallest absolute Gasteiger partial charge is 0.102 e. The molecule has 0 aliphatic heterocycles. The van der Waals surface area contributed by atoms with Gasteiger partial charge in [0.05, 0.1) is 0 Å². The van der Waals surface area contributed by atoms with Gasteiger partial charge in [0.1, 0.15) is 7.85 Å². The van der Waals surface area contributed by atoms with Gasteiger partial charge in [0.25, 0.3) is 0 Å². The van der Waals surface area contributed by atoms with Gasteiger partial charge in [-0.1, -0.05) is 25.8 Å². The Bertz CT molecular complexity index is 57.4. The maximum Gasteiger partial charge on any atom is 0.102 e. The van der Waals surface area contributed by atoms with Crippen LogP contribution in [-0.2, 0) is 0 Å². The molecule has 0 aromatic rings. The summed E-state index contributed by atoms with van der Waals surface area (Å²) in [6, 6.07) is 0. The predicted octanol–water partition coefficient (Wildman–Crippen LogP) is 2.25. The van der Waals surface area contributed by atoms with Crippen molar-refractivity contribution in [1.29, 1.82) is 0 Å². The molecule has 2 radical (unpaired) electrons. The molecule has 0 atom stereocenters. The molecular formula is C7H13B. The van der Waals surface area contributed by atoms with E-state index in [0.29, 0.717) is 0 Å². The maximum atomic E-state index is 5.13. The van der Waals surface area contributed by atoms with Crippen LogP contribution in [0, 0.1) is 0 Å². The Morgan fingerprint density at radius 3 is 2.62 bits per heavy atom. The van der Waals surface area contributed by atoms with Crippen LogP contribution in [0.15, 0.2) is 12.1 Å².